The summed E-state index contributed by atoms with van der Waals surface area (Å²) in [5.74, 6) is -1.39. The van der Waals surface area contributed by atoms with Crippen molar-refractivity contribution in [1.82, 2.24) is 4.90 Å². The third kappa shape index (κ3) is 3.79. The average molecular weight is 400 g/mol. The molecular formula is C25H22NO4-. The van der Waals surface area contributed by atoms with E-state index >= 15 is 0 Å². The van der Waals surface area contributed by atoms with Gasteiger partial charge in [-0.15, -0.1) is 0 Å². The van der Waals surface area contributed by atoms with Crippen molar-refractivity contribution in [2.75, 3.05) is 13.7 Å². The normalized spacial score (nSPS) is 13.2. The Morgan fingerprint density at radius 2 is 1.43 bits per heavy atom. The Kier molecular flexibility index (Phi) is 5.53. The second-order valence-electron chi connectivity index (χ2n) is 7.44. The van der Waals surface area contributed by atoms with Crippen molar-refractivity contribution in [1.29, 1.82) is 0 Å². The summed E-state index contributed by atoms with van der Waals surface area (Å²) in [6.45, 7) is 0.141. The van der Waals surface area contributed by atoms with Gasteiger partial charge in [0.2, 0.25) is 0 Å². The molecule has 5 heteroatoms. The largest absolute Gasteiger partial charge is 0.548 e. The van der Waals surface area contributed by atoms with E-state index in [0.717, 1.165) is 32.7 Å². The molecule has 152 valence electrons. The molecule has 0 spiro atoms. The van der Waals surface area contributed by atoms with Gasteiger partial charge in [0.05, 0.1) is 12.0 Å². The topological polar surface area (TPSA) is 69.7 Å². The van der Waals surface area contributed by atoms with Crippen LogP contribution in [0.5, 0.6) is 0 Å². The first-order chi connectivity index (χ1) is 14.6. The van der Waals surface area contributed by atoms with Crippen molar-refractivity contribution in [2.24, 2.45) is 0 Å². The van der Waals surface area contributed by atoms with Crippen molar-refractivity contribution in [3.63, 3.8) is 0 Å². The number of hydrogen-bond acceptors (Lipinski definition) is 4. The number of carbonyl (C=O) groups excluding carboxylic acids is 2. The van der Waals surface area contributed by atoms with Crippen molar-refractivity contribution in [2.45, 2.75) is 18.4 Å². The van der Waals surface area contributed by atoms with E-state index < -0.39 is 18.1 Å². The molecule has 0 unspecified atom stereocenters. The second kappa shape index (κ2) is 8.41. The number of aliphatic carboxylic acids is 1. The van der Waals surface area contributed by atoms with Gasteiger partial charge in [0.15, 0.2) is 0 Å². The Morgan fingerprint density at radius 1 is 0.900 bits per heavy atom. The van der Waals surface area contributed by atoms with Crippen LogP contribution in [0.3, 0.4) is 0 Å². The Bertz CT molecular complexity index is 1020. The smallest absolute Gasteiger partial charge is 0.410 e. The molecule has 1 amide bonds. The molecule has 5 nitrogen and oxygen atoms in total. The molecule has 0 bridgehead atoms. The molecule has 0 saturated carbocycles. The van der Waals surface area contributed by atoms with E-state index in [1.165, 1.54) is 7.05 Å². The SMILES string of the molecule is CN(C(=O)OCC1c2ccccc2-c2ccccc21)[C@@H](Cc1ccccc1)C(=O)[O-]. The Hall–Kier alpha value is -3.60. The highest BCUT2D eigenvalue weighted by molar-refractivity contribution is 5.80. The molecule has 30 heavy (non-hydrogen) atoms. The number of ether oxygens (including phenoxy) is 1. The molecule has 0 fully saturated rings. The van der Waals surface area contributed by atoms with Crippen LogP contribution in [0.25, 0.3) is 11.1 Å². The summed E-state index contributed by atoms with van der Waals surface area (Å²) in [6.07, 6.45) is -0.522. The van der Waals surface area contributed by atoms with E-state index in [9.17, 15) is 14.7 Å². The van der Waals surface area contributed by atoms with E-state index in [0.29, 0.717) is 0 Å². The van der Waals surface area contributed by atoms with Crippen molar-refractivity contribution in [3.05, 3.63) is 95.6 Å². The lowest BCUT2D eigenvalue weighted by Crippen LogP contribution is -2.50. The summed E-state index contributed by atoms with van der Waals surface area (Å²) in [7, 11) is 1.43. The summed E-state index contributed by atoms with van der Waals surface area (Å²) < 4.78 is 5.57. The summed E-state index contributed by atoms with van der Waals surface area (Å²) >= 11 is 0. The highest BCUT2D eigenvalue weighted by atomic mass is 16.6. The predicted octanol–water partition coefficient (Wildman–Crippen LogP) is 3.23. The third-order valence-electron chi connectivity index (χ3n) is 5.64. The van der Waals surface area contributed by atoms with Gasteiger partial charge in [-0.2, -0.15) is 0 Å². The van der Waals surface area contributed by atoms with Gasteiger partial charge in [-0.3, -0.25) is 0 Å². The number of hydrogen-bond donors (Lipinski definition) is 0. The summed E-state index contributed by atoms with van der Waals surface area (Å²) in [6, 6.07) is 24.2. The van der Waals surface area contributed by atoms with E-state index in [-0.39, 0.29) is 18.9 Å². The van der Waals surface area contributed by atoms with Gasteiger partial charge in [0, 0.05) is 13.0 Å². The number of carboxylic acid groups (broad SMARTS) is 1. The van der Waals surface area contributed by atoms with E-state index in [4.69, 9.17) is 4.74 Å². The molecule has 0 saturated heterocycles. The van der Waals surface area contributed by atoms with Crippen molar-refractivity contribution < 1.29 is 19.4 Å². The van der Waals surface area contributed by atoms with Crippen LogP contribution in [0, 0.1) is 0 Å². The van der Waals surface area contributed by atoms with Crippen LogP contribution in [0.2, 0.25) is 0 Å². The summed E-state index contributed by atoms with van der Waals surface area (Å²) in [4.78, 5) is 25.5. The minimum Gasteiger partial charge on any atom is -0.548 e. The van der Waals surface area contributed by atoms with Crippen molar-refractivity contribution >= 4 is 12.1 Å². The van der Waals surface area contributed by atoms with Crippen LogP contribution in [-0.4, -0.2) is 36.7 Å². The van der Waals surface area contributed by atoms with Crippen LogP contribution in [0.15, 0.2) is 78.9 Å². The number of likely N-dealkylation sites (N-methyl/N-ethyl adjacent to an activating group) is 1. The highest BCUT2D eigenvalue weighted by Gasteiger charge is 2.30. The fourth-order valence-corrected chi connectivity index (χ4v) is 4.04. The lowest BCUT2D eigenvalue weighted by Gasteiger charge is -2.29. The molecule has 0 heterocycles. The van der Waals surface area contributed by atoms with Gasteiger partial charge in [-0.25, -0.2) is 4.79 Å². The van der Waals surface area contributed by atoms with Gasteiger partial charge in [-0.1, -0.05) is 78.9 Å². The van der Waals surface area contributed by atoms with E-state index in [1.807, 2.05) is 66.7 Å². The second-order valence-corrected chi connectivity index (χ2v) is 7.44. The highest BCUT2D eigenvalue weighted by Crippen LogP contribution is 2.44. The van der Waals surface area contributed by atoms with Crippen LogP contribution in [-0.2, 0) is 16.0 Å². The average Bonchev–Trinajstić information content (AvgIpc) is 3.09. The lowest BCUT2D eigenvalue weighted by atomic mass is 9.98. The van der Waals surface area contributed by atoms with E-state index in [2.05, 4.69) is 12.1 Å². The molecule has 3 aromatic carbocycles. The van der Waals surface area contributed by atoms with Gasteiger partial charge in [0.25, 0.3) is 0 Å². The van der Waals surface area contributed by atoms with Crippen LogP contribution >= 0.6 is 0 Å². The van der Waals surface area contributed by atoms with Crippen LogP contribution in [0.1, 0.15) is 22.6 Å². The number of benzene rings is 3. The van der Waals surface area contributed by atoms with Crippen LogP contribution in [0.4, 0.5) is 4.79 Å². The van der Waals surface area contributed by atoms with Gasteiger partial charge in [0.1, 0.15) is 6.61 Å². The van der Waals surface area contributed by atoms with Gasteiger partial charge < -0.3 is 19.5 Å². The maximum absolute atomic E-state index is 12.7. The zero-order chi connectivity index (χ0) is 21.1. The maximum Gasteiger partial charge on any atom is 0.410 e. The molecule has 0 aromatic heterocycles. The Labute approximate surface area is 175 Å². The van der Waals surface area contributed by atoms with Crippen LogP contribution < -0.4 is 5.11 Å². The summed E-state index contributed by atoms with van der Waals surface area (Å²) in [5.41, 5.74) is 5.30. The molecule has 3 aromatic rings. The maximum atomic E-state index is 12.7. The quantitative estimate of drug-likeness (QED) is 0.637. The zero-order valence-electron chi connectivity index (χ0n) is 16.7. The van der Waals surface area contributed by atoms with Gasteiger partial charge in [-0.05, 0) is 34.2 Å². The fourth-order valence-electron chi connectivity index (χ4n) is 4.04. The Morgan fingerprint density at radius 3 is 2.00 bits per heavy atom. The fraction of sp³-hybridized carbons (Fsp3) is 0.200. The molecule has 1 aliphatic carbocycles. The van der Waals surface area contributed by atoms with E-state index in [1.54, 1.807) is 0 Å². The molecular weight excluding hydrogens is 378 g/mol. The monoisotopic (exact) mass is 400 g/mol. The Balaban J connectivity index is 1.48. The number of carboxylic acids is 1. The summed E-state index contributed by atoms with van der Waals surface area (Å²) in [5, 5.41) is 11.7. The molecule has 1 aliphatic rings. The minimum atomic E-state index is -1.31. The number of fused-ring (bicyclic) bond motifs is 3. The lowest BCUT2D eigenvalue weighted by molar-refractivity contribution is -0.310. The standard InChI is InChI=1S/C25H23NO4/c1-26(23(24(27)28)15-17-9-3-2-4-10-17)25(29)30-16-22-20-13-7-5-11-18(20)19-12-6-8-14-21(19)22/h2-14,22-23H,15-16H2,1H3,(H,27,28)/p-1/t23-/m0/s1. The number of rotatable bonds is 6. The number of amides is 1. The van der Waals surface area contributed by atoms with Gasteiger partial charge >= 0.3 is 6.09 Å². The third-order valence-corrected chi connectivity index (χ3v) is 5.64. The molecule has 0 aliphatic heterocycles. The molecule has 0 N–H and O–H groups in total. The number of carbonyl (C=O) groups is 2. The molecule has 1 atom stereocenters. The first kappa shape index (κ1) is 19.7. The number of nitrogens with zero attached hydrogens (tertiary/aromatic N) is 1. The minimum absolute atomic E-state index is 0.0784. The first-order valence-corrected chi connectivity index (χ1v) is 9.89. The van der Waals surface area contributed by atoms with Crippen molar-refractivity contribution in [3.8, 4) is 11.1 Å². The molecule has 4 rings (SSSR count). The molecule has 0 radical (unpaired) electrons. The predicted molar refractivity (Wildman–Crippen MR) is 112 cm³/mol. The zero-order valence-corrected chi connectivity index (χ0v) is 16.7. The first-order valence-electron chi connectivity index (χ1n) is 9.89.